The van der Waals surface area contributed by atoms with Crippen LogP contribution in [0.5, 0.6) is 0 Å². The fourth-order valence-electron chi connectivity index (χ4n) is 1.60. The zero-order valence-corrected chi connectivity index (χ0v) is 9.76. The van der Waals surface area contributed by atoms with Crippen molar-refractivity contribution in [1.29, 1.82) is 0 Å². The van der Waals surface area contributed by atoms with Crippen molar-refractivity contribution in [1.82, 2.24) is 15.0 Å². The summed E-state index contributed by atoms with van der Waals surface area (Å²) in [4.78, 5) is 12.4. The largest absolute Gasteiger partial charge is 0.358 e. The van der Waals surface area contributed by atoms with Gasteiger partial charge in [0.05, 0.1) is 16.7 Å². The van der Waals surface area contributed by atoms with Crippen molar-refractivity contribution in [3.05, 3.63) is 23.8 Å². The first-order chi connectivity index (χ1) is 7.02. The Labute approximate surface area is 90.0 Å². The topological polar surface area (TPSA) is 41.6 Å². The van der Waals surface area contributed by atoms with Gasteiger partial charge in [0.25, 0.3) is 0 Å². The van der Waals surface area contributed by atoms with E-state index in [1.807, 2.05) is 12.3 Å². The monoisotopic (exact) mass is 203 g/mol. The summed E-state index contributed by atoms with van der Waals surface area (Å²) in [5.41, 5.74) is 3.21. The third-order valence-corrected chi connectivity index (χ3v) is 2.49. The summed E-state index contributed by atoms with van der Waals surface area (Å²) in [5, 5.41) is 0. The van der Waals surface area contributed by atoms with Crippen LogP contribution < -0.4 is 0 Å². The van der Waals surface area contributed by atoms with Gasteiger partial charge in [0.1, 0.15) is 5.82 Å². The second kappa shape index (κ2) is 3.33. The predicted molar refractivity (Wildman–Crippen MR) is 62.0 cm³/mol. The van der Waals surface area contributed by atoms with Crippen LogP contribution in [0.2, 0.25) is 0 Å². The fraction of sp³-hybridized carbons (Fsp3) is 0.500. The molecule has 0 amide bonds. The van der Waals surface area contributed by atoms with E-state index in [0.29, 0.717) is 0 Å². The molecule has 2 rings (SSSR count). The van der Waals surface area contributed by atoms with Crippen LogP contribution in [0.3, 0.4) is 0 Å². The van der Waals surface area contributed by atoms with Crippen LogP contribution in [0.15, 0.2) is 12.3 Å². The van der Waals surface area contributed by atoms with Gasteiger partial charge in [-0.15, -0.1) is 0 Å². The van der Waals surface area contributed by atoms with Crippen LogP contribution in [-0.4, -0.2) is 15.0 Å². The van der Waals surface area contributed by atoms with E-state index >= 15 is 0 Å². The van der Waals surface area contributed by atoms with E-state index in [9.17, 15) is 0 Å². The molecule has 0 saturated carbocycles. The molecule has 0 aliphatic heterocycles. The second-order valence-corrected chi connectivity index (χ2v) is 4.84. The zero-order chi connectivity index (χ0) is 11.1. The van der Waals surface area contributed by atoms with Gasteiger partial charge in [-0.3, -0.25) is 0 Å². The van der Waals surface area contributed by atoms with E-state index in [0.717, 1.165) is 29.0 Å². The number of nitrogens with zero attached hydrogens (tertiary/aromatic N) is 2. The lowest BCUT2D eigenvalue weighted by atomic mass is 9.95. The Kier molecular flexibility index (Phi) is 2.25. The summed E-state index contributed by atoms with van der Waals surface area (Å²) in [6.07, 6.45) is 2.85. The van der Waals surface area contributed by atoms with Crippen LogP contribution in [0.1, 0.15) is 39.2 Å². The van der Waals surface area contributed by atoms with Gasteiger partial charge in [-0.1, -0.05) is 27.7 Å². The summed E-state index contributed by atoms with van der Waals surface area (Å²) in [6, 6.07) is 2.01. The minimum absolute atomic E-state index is 0.00931. The molecule has 2 aromatic rings. The molecule has 0 radical (unpaired) electrons. The molecule has 1 N–H and O–H groups in total. The quantitative estimate of drug-likeness (QED) is 0.774. The Balaban J connectivity index is 2.69. The molecule has 3 nitrogen and oxygen atoms in total. The molecule has 80 valence electrons. The number of aromatic nitrogens is 3. The van der Waals surface area contributed by atoms with E-state index in [1.54, 1.807) is 0 Å². The first-order valence-corrected chi connectivity index (χ1v) is 5.37. The smallest absolute Gasteiger partial charge is 0.134 e. The Morgan fingerprint density at radius 2 is 2.00 bits per heavy atom. The molecule has 0 unspecified atom stereocenters. The van der Waals surface area contributed by atoms with E-state index in [2.05, 4.69) is 42.6 Å². The highest BCUT2D eigenvalue weighted by Crippen LogP contribution is 2.22. The average Bonchev–Trinajstić information content (AvgIpc) is 2.62. The highest BCUT2D eigenvalue weighted by Gasteiger charge is 2.19. The van der Waals surface area contributed by atoms with Crippen LogP contribution in [0.25, 0.3) is 11.0 Å². The van der Waals surface area contributed by atoms with Gasteiger partial charge in [-0.05, 0) is 12.5 Å². The van der Waals surface area contributed by atoms with Gasteiger partial charge in [0.15, 0.2) is 0 Å². The molecule has 0 aromatic carbocycles. The number of hydrogen-bond donors (Lipinski definition) is 1. The number of H-pyrrole nitrogens is 1. The van der Waals surface area contributed by atoms with Crippen molar-refractivity contribution in [3.63, 3.8) is 0 Å². The van der Waals surface area contributed by atoms with Crippen LogP contribution in [0.4, 0.5) is 0 Å². The number of hydrogen-bond acceptors (Lipinski definition) is 2. The highest BCUT2D eigenvalue weighted by atomic mass is 14.9. The Morgan fingerprint density at radius 1 is 1.27 bits per heavy atom. The SMILES string of the molecule is CCc1nc(C(C)(C)C)nc2cc[nH]c12. The molecule has 2 heterocycles. The lowest BCUT2D eigenvalue weighted by molar-refractivity contribution is 0.545. The van der Waals surface area contributed by atoms with Crippen molar-refractivity contribution in [3.8, 4) is 0 Å². The third-order valence-electron chi connectivity index (χ3n) is 2.49. The standard InChI is InChI=1S/C12H17N3/c1-5-8-10-9(6-7-13-10)15-11(14-8)12(2,3)4/h6-7,13H,5H2,1-4H3. The van der Waals surface area contributed by atoms with E-state index < -0.39 is 0 Å². The molecule has 0 atom stereocenters. The first kappa shape index (κ1) is 10.1. The number of aromatic amines is 1. The molecule has 2 aromatic heterocycles. The van der Waals surface area contributed by atoms with Crippen LogP contribution in [-0.2, 0) is 11.8 Å². The molecular formula is C12H17N3. The molecule has 15 heavy (non-hydrogen) atoms. The second-order valence-electron chi connectivity index (χ2n) is 4.84. The Bertz CT molecular complexity index is 477. The maximum Gasteiger partial charge on any atom is 0.134 e. The van der Waals surface area contributed by atoms with Gasteiger partial charge in [0.2, 0.25) is 0 Å². The van der Waals surface area contributed by atoms with Gasteiger partial charge in [-0.2, -0.15) is 0 Å². The summed E-state index contributed by atoms with van der Waals surface area (Å²) >= 11 is 0. The van der Waals surface area contributed by atoms with Gasteiger partial charge >= 0.3 is 0 Å². The van der Waals surface area contributed by atoms with Crippen LogP contribution in [0, 0.1) is 0 Å². The lowest BCUT2D eigenvalue weighted by Crippen LogP contribution is -2.17. The van der Waals surface area contributed by atoms with Crippen molar-refractivity contribution in [2.24, 2.45) is 0 Å². The Hall–Kier alpha value is -1.38. The zero-order valence-electron chi connectivity index (χ0n) is 9.76. The Morgan fingerprint density at radius 3 is 2.60 bits per heavy atom. The maximum atomic E-state index is 4.62. The van der Waals surface area contributed by atoms with Crippen molar-refractivity contribution in [2.45, 2.75) is 39.5 Å². The molecule has 3 heteroatoms. The lowest BCUT2D eigenvalue weighted by Gasteiger charge is -2.17. The third kappa shape index (κ3) is 1.74. The molecule has 0 bridgehead atoms. The molecule has 0 aliphatic carbocycles. The number of aryl methyl sites for hydroxylation is 1. The molecule has 0 aliphatic rings. The average molecular weight is 203 g/mol. The number of nitrogens with one attached hydrogen (secondary N) is 1. The maximum absolute atomic E-state index is 4.62. The minimum Gasteiger partial charge on any atom is -0.358 e. The normalized spacial score (nSPS) is 12.3. The number of rotatable bonds is 1. The molecule has 0 fully saturated rings. The van der Waals surface area contributed by atoms with Gasteiger partial charge in [0, 0.05) is 11.6 Å². The summed E-state index contributed by atoms with van der Waals surface area (Å²) < 4.78 is 0. The van der Waals surface area contributed by atoms with Crippen LogP contribution >= 0.6 is 0 Å². The van der Waals surface area contributed by atoms with E-state index in [4.69, 9.17) is 0 Å². The summed E-state index contributed by atoms with van der Waals surface area (Å²) in [6.45, 7) is 8.54. The first-order valence-electron chi connectivity index (χ1n) is 5.37. The summed E-state index contributed by atoms with van der Waals surface area (Å²) in [5.74, 6) is 0.923. The van der Waals surface area contributed by atoms with E-state index in [1.165, 1.54) is 0 Å². The minimum atomic E-state index is 0.00931. The molecule has 0 saturated heterocycles. The van der Waals surface area contributed by atoms with Crippen molar-refractivity contribution in [2.75, 3.05) is 0 Å². The fourth-order valence-corrected chi connectivity index (χ4v) is 1.60. The predicted octanol–water partition coefficient (Wildman–Crippen LogP) is 2.82. The molecular weight excluding hydrogens is 186 g/mol. The van der Waals surface area contributed by atoms with Gasteiger partial charge in [-0.25, -0.2) is 9.97 Å². The van der Waals surface area contributed by atoms with Gasteiger partial charge < -0.3 is 4.98 Å². The number of fused-ring (bicyclic) bond motifs is 1. The van der Waals surface area contributed by atoms with Crippen molar-refractivity contribution < 1.29 is 0 Å². The van der Waals surface area contributed by atoms with Crippen molar-refractivity contribution >= 4 is 11.0 Å². The summed E-state index contributed by atoms with van der Waals surface area (Å²) in [7, 11) is 0. The highest BCUT2D eigenvalue weighted by molar-refractivity contribution is 5.77. The van der Waals surface area contributed by atoms with E-state index in [-0.39, 0.29) is 5.41 Å². The molecule has 0 spiro atoms.